The summed E-state index contributed by atoms with van der Waals surface area (Å²) in [6, 6.07) is -0.284. The highest BCUT2D eigenvalue weighted by Gasteiger charge is 2.60. The van der Waals surface area contributed by atoms with E-state index in [1.807, 2.05) is 6.92 Å². The molecule has 0 aromatic carbocycles. The Balaban J connectivity index is 1.41. The van der Waals surface area contributed by atoms with Gasteiger partial charge in [-0.2, -0.15) is 0 Å². The van der Waals surface area contributed by atoms with Gasteiger partial charge in [0.1, 0.15) is 5.70 Å². The lowest BCUT2D eigenvalue weighted by Gasteiger charge is -2.46. The molecule has 174 valence electrons. The Kier molecular flexibility index (Phi) is 6.51. The number of hydrogen-bond acceptors (Lipinski definition) is 9. The number of fused-ring (bicyclic) bond motifs is 1. The number of carbonyl (C=O) groups is 3. The van der Waals surface area contributed by atoms with Crippen LogP contribution in [0.5, 0.6) is 0 Å². The number of piperidine rings is 1. The Labute approximate surface area is 194 Å². The van der Waals surface area contributed by atoms with Gasteiger partial charge in [0.2, 0.25) is 5.91 Å². The first-order chi connectivity index (χ1) is 15.2. The summed E-state index contributed by atoms with van der Waals surface area (Å²) in [5, 5.41) is 22.5. The van der Waals surface area contributed by atoms with E-state index in [9.17, 15) is 24.6 Å². The summed E-state index contributed by atoms with van der Waals surface area (Å²) in [6.45, 7) is 7.09. The first kappa shape index (κ1) is 23.1. The van der Waals surface area contributed by atoms with Crippen LogP contribution in [0.4, 0.5) is 5.13 Å². The molecule has 3 unspecified atom stereocenters. The zero-order chi connectivity index (χ0) is 23.2. The largest absolute Gasteiger partial charge is 0.477 e. The lowest BCUT2D eigenvalue weighted by Crippen LogP contribution is -2.63. The number of thiazole rings is 1. The van der Waals surface area contributed by atoms with Crippen LogP contribution < -0.4 is 4.90 Å². The molecule has 0 spiro atoms. The molecular weight excluding hydrogens is 454 g/mol. The van der Waals surface area contributed by atoms with Crippen LogP contribution in [0.2, 0.25) is 0 Å². The van der Waals surface area contributed by atoms with Gasteiger partial charge in [-0.05, 0) is 26.7 Å². The highest BCUT2D eigenvalue weighted by atomic mass is 32.2. The number of aromatic nitrogens is 1. The fraction of sp³-hybridized carbons (Fsp3) is 0.619. The molecule has 2 saturated heterocycles. The third kappa shape index (κ3) is 3.90. The summed E-state index contributed by atoms with van der Waals surface area (Å²) < 4.78 is 5.00. The van der Waals surface area contributed by atoms with Crippen LogP contribution in [0.15, 0.2) is 16.0 Å². The van der Waals surface area contributed by atoms with Gasteiger partial charge in [-0.1, -0.05) is 6.92 Å². The number of anilines is 1. The first-order valence-electron chi connectivity index (χ1n) is 10.8. The van der Waals surface area contributed by atoms with Crippen LogP contribution in [-0.2, 0) is 14.3 Å². The van der Waals surface area contributed by atoms with Gasteiger partial charge in [-0.25, -0.2) is 14.6 Å². The minimum atomic E-state index is -1.09. The van der Waals surface area contributed by atoms with Gasteiger partial charge < -0.3 is 24.7 Å². The van der Waals surface area contributed by atoms with Crippen molar-refractivity contribution in [1.29, 1.82) is 0 Å². The molecule has 0 aliphatic carbocycles. The Hall–Kier alpha value is -2.11. The van der Waals surface area contributed by atoms with Gasteiger partial charge in [-0.3, -0.25) is 4.79 Å². The molecule has 0 saturated carbocycles. The first-order valence-corrected chi connectivity index (χ1v) is 12.5. The second-order valence-corrected chi connectivity index (χ2v) is 10.5. The van der Waals surface area contributed by atoms with E-state index in [0.717, 1.165) is 36.0 Å². The number of ether oxygens (including phenoxy) is 1. The molecule has 3 aliphatic heterocycles. The minimum Gasteiger partial charge on any atom is -0.477 e. The summed E-state index contributed by atoms with van der Waals surface area (Å²) in [7, 11) is 0. The van der Waals surface area contributed by atoms with Crippen LogP contribution >= 0.6 is 23.1 Å². The van der Waals surface area contributed by atoms with Crippen molar-refractivity contribution in [2.75, 3.05) is 24.6 Å². The number of hydrogen-bond donors (Lipinski definition) is 2. The summed E-state index contributed by atoms with van der Waals surface area (Å²) in [5.41, 5.74) is 0.400. The predicted molar refractivity (Wildman–Crippen MR) is 121 cm³/mol. The summed E-state index contributed by atoms with van der Waals surface area (Å²) in [5.74, 6) is -2.48. The van der Waals surface area contributed by atoms with Gasteiger partial charge in [0.15, 0.2) is 10.8 Å². The highest BCUT2D eigenvalue weighted by molar-refractivity contribution is 8.03. The number of esters is 1. The molecule has 9 nitrogen and oxygen atoms in total. The van der Waals surface area contributed by atoms with Crippen LogP contribution in [0.3, 0.4) is 0 Å². The van der Waals surface area contributed by atoms with E-state index in [-0.39, 0.29) is 28.8 Å². The number of carboxylic acid groups (broad SMARTS) is 1. The molecule has 0 bridgehead atoms. The number of aliphatic hydroxyl groups excluding tert-OH is 1. The smallest absolute Gasteiger partial charge is 0.357 e. The van der Waals surface area contributed by atoms with E-state index in [2.05, 4.69) is 9.88 Å². The van der Waals surface area contributed by atoms with Crippen molar-refractivity contribution in [2.45, 2.75) is 51.0 Å². The summed E-state index contributed by atoms with van der Waals surface area (Å²) >= 11 is 2.97. The predicted octanol–water partition coefficient (Wildman–Crippen LogP) is 2.18. The molecule has 0 radical (unpaired) electrons. The average Bonchev–Trinajstić information content (AvgIpc) is 3.32. The van der Waals surface area contributed by atoms with Gasteiger partial charge in [0.25, 0.3) is 0 Å². The monoisotopic (exact) mass is 481 g/mol. The quantitative estimate of drug-likeness (QED) is 0.446. The van der Waals surface area contributed by atoms with Crippen molar-refractivity contribution in [2.24, 2.45) is 11.8 Å². The van der Waals surface area contributed by atoms with E-state index >= 15 is 0 Å². The van der Waals surface area contributed by atoms with E-state index in [1.165, 1.54) is 16.2 Å². The molecule has 4 rings (SSSR count). The minimum absolute atomic E-state index is 0.0795. The number of thioether (sulfide) groups is 1. The van der Waals surface area contributed by atoms with E-state index in [1.54, 1.807) is 31.0 Å². The summed E-state index contributed by atoms with van der Waals surface area (Å²) in [4.78, 5) is 44.9. The lowest BCUT2D eigenvalue weighted by molar-refractivity contribution is -0.163. The number of rotatable bonds is 7. The van der Waals surface area contributed by atoms with Gasteiger partial charge in [0, 0.05) is 34.5 Å². The van der Waals surface area contributed by atoms with Crippen molar-refractivity contribution < 1.29 is 29.3 Å². The van der Waals surface area contributed by atoms with Crippen LogP contribution in [0, 0.1) is 11.8 Å². The van der Waals surface area contributed by atoms with Crippen molar-refractivity contribution in [1.82, 2.24) is 9.88 Å². The molecule has 1 aromatic rings. The lowest BCUT2D eigenvalue weighted by atomic mass is 9.79. The Morgan fingerprint density at radius 2 is 2.06 bits per heavy atom. The maximum Gasteiger partial charge on any atom is 0.357 e. The standard InChI is InChI=1S/C21H27N3O6S2/c1-4-30-20(29)13-9-31-21(22-13)23-7-5-12(6-8-23)32-17-10(2)15-14(11(3)25)18(26)24(15)16(17)19(27)28/h9-12,14-15,25H,4-8H2,1-3H3,(H,27,28)/t10-,11?,14?,15?/m1/s1. The molecule has 32 heavy (non-hydrogen) atoms. The molecule has 4 heterocycles. The second-order valence-electron chi connectivity index (χ2n) is 8.31. The molecule has 11 heteroatoms. The normalized spacial score (nSPS) is 26.8. The maximum absolute atomic E-state index is 12.5. The topological polar surface area (TPSA) is 120 Å². The van der Waals surface area contributed by atoms with Crippen LogP contribution in [-0.4, -0.2) is 75.0 Å². The second kappa shape index (κ2) is 9.03. The Morgan fingerprint density at radius 3 is 2.66 bits per heavy atom. The van der Waals surface area contributed by atoms with Crippen LogP contribution in [0.1, 0.15) is 44.1 Å². The van der Waals surface area contributed by atoms with Crippen LogP contribution in [0.25, 0.3) is 0 Å². The van der Waals surface area contributed by atoms with Crippen molar-refractivity contribution in [3.8, 4) is 0 Å². The Bertz CT molecular complexity index is 953. The number of β-lactam (4-membered cyclic amide) rings is 1. The van der Waals surface area contributed by atoms with Gasteiger partial charge >= 0.3 is 11.9 Å². The van der Waals surface area contributed by atoms with Gasteiger partial charge in [-0.15, -0.1) is 23.1 Å². The van der Waals surface area contributed by atoms with E-state index < -0.39 is 24.0 Å². The number of carboxylic acids is 1. The number of nitrogens with zero attached hydrogens (tertiary/aromatic N) is 3. The Morgan fingerprint density at radius 1 is 1.38 bits per heavy atom. The zero-order valence-corrected chi connectivity index (χ0v) is 19.8. The highest BCUT2D eigenvalue weighted by Crippen LogP contribution is 2.52. The number of aliphatic hydroxyl groups is 1. The van der Waals surface area contributed by atoms with Crippen molar-refractivity contribution >= 4 is 46.1 Å². The molecule has 1 amide bonds. The summed E-state index contributed by atoms with van der Waals surface area (Å²) in [6.07, 6.45) is 0.868. The van der Waals surface area contributed by atoms with E-state index in [4.69, 9.17) is 4.74 Å². The third-order valence-electron chi connectivity index (χ3n) is 6.29. The van der Waals surface area contributed by atoms with Gasteiger partial charge in [0.05, 0.1) is 24.7 Å². The fourth-order valence-corrected chi connectivity index (χ4v) is 7.04. The van der Waals surface area contributed by atoms with Crippen molar-refractivity contribution in [3.63, 3.8) is 0 Å². The SMILES string of the molecule is CCOC(=O)c1csc(N2CCC(SC3=C(C(=O)O)N4C(=O)C(C(C)O)C4[C@H]3C)CC2)n1. The fourth-order valence-electron chi connectivity index (χ4n) is 4.73. The third-order valence-corrected chi connectivity index (χ3v) is 8.82. The number of aliphatic carboxylic acids is 1. The molecule has 2 N–H and O–H groups in total. The molecular formula is C21H27N3O6S2. The molecule has 4 atom stereocenters. The zero-order valence-electron chi connectivity index (χ0n) is 18.2. The van der Waals surface area contributed by atoms with Crippen molar-refractivity contribution in [3.05, 3.63) is 21.7 Å². The number of carbonyl (C=O) groups excluding carboxylic acids is 2. The number of amides is 1. The molecule has 1 aromatic heterocycles. The van der Waals surface area contributed by atoms with E-state index in [0.29, 0.717) is 12.3 Å². The average molecular weight is 482 g/mol. The maximum atomic E-state index is 12.5. The molecule has 2 fully saturated rings. The molecule has 3 aliphatic rings.